The number of fused-ring (bicyclic) bond motifs is 1. The number of hydrogen-bond acceptors (Lipinski definition) is 4. The van der Waals surface area contributed by atoms with Crippen molar-refractivity contribution in [3.05, 3.63) is 59.9 Å². The minimum Gasteiger partial charge on any atom is -1.00 e. The van der Waals surface area contributed by atoms with Gasteiger partial charge >= 0.3 is 0 Å². The van der Waals surface area contributed by atoms with Gasteiger partial charge in [-0.1, -0.05) is 12.1 Å². The summed E-state index contributed by atoms with van der Waals surface area (Å²) in [7, 11) is 0. The van der Waals surface area contributed by atoms with E-state index in [2.05, 4.69) is 22.8 Å². The second-order valence-electron chi connectivity index (χ2n) is 6.42. The average molecular weight is 373 g/mol. The highest BCUT2D eigenvalue weighted by molar-refractivity contribution is 5.85. The number of nitrogens with zero attached hydrogens (tertiary/aromatic N) is 3. The van der Waals surface area contributed by atoms with Crippen LogP contribution in [0.1, 0.15) is 5.56 Å². The Morgan fingerprint density at radius 3 is 2.38 bits per heavy atom. The van der Waals surface area contributed by atoms with Crippen LogP contribution in [0.2, 0.25) is 0 Å². The first-order chi connectivity index (χ1) is 12.1. The molecule has 4 rings (SSSR count). The van der Waals surface area contributed by atoms with Crippen LogP contribution in [0.3, 0.4) is 0 Å². The summed E-state index contributed by atoms with van der Waals surface area (Å²) in [5, 5.41) is 10.8. The monoisotopic (exact) mass is 372 g/mol. The zero-order chi connectivity index (χ0) is 17.4. The molecule has 136 valence electrons. The molecule has 3 aromatic rings. The molecule has 0 bridgehead atoms. The molecule has 1 N–H and O–H groups in total. The van der Waals surface area contributed by atoms with Gasteiger partial charge in [-0.2, -0.15) is 0 Å². The minimum absolute atomic E-state index is 0. The second kappa shape index (κ2) is 7.38. The van der Waals surface area contributed by atoms with Gasteiger partial charge in [0.1, 0.15) is 17.4 Å². The summed E-state index contributed by atoms with van der Waals surface area (Å²) in [5.74, 6) is 0.954. The van der Waals surface area contributed by atoms with Crippen molar-refractivity contribution in [1.29, 1.82) is 0 Å². The van der Waals surface area contributed by atoms with E-state index in [9.17, 15) is 9.50 Å². The predicted octanol–water partition coefficient (Wildman–Crippen LogP) is 0.719. The molecule has 1 aromatic heterocycles. The molecule has 0 amide bonds. The van der Waals surface area contributed by atoms with E-state index in [1.807, 2.05) is 18.2 Å². The van der Waals surface area contributed by atoms with Gasteiger partial charge in [-0.15, -0.1) is 0 Å². The molecule has 0 unspecified atom stereocenters. The van der Waals surface area contributed by atoms with Crippen molar-refractivity contribution in [2.75, 3.05) is 36.0 Å². The number of para-hydroxylation sites is 1. The van der Waals surface area contributed by atoms with Crippen molar-refractivity contribution in [3.8, 4) is 5.75 Å². The SMILES string of the molecule is Cc1cc(N2CCN(c3ccccc3F)CC2)nc2cc(O)ccc12.[Cl-]. The predicted molar refractivity (Wildman–Crippen MR) is 99.0 cm³/mol. The van der Waals surface area contributed by atoms with E-state index in [0.29, 0.717) is 5.69 Å². The van der Waals surface area contributed by atoms with Crippen molar-refractivity contribution in [2.24, 2.45) is 0 Å². The Hall–Kier alpha value is -2.53. The van der Waals surface area contributed by atoms with E-state index in [1.54, 1.807) is 18.2 Å². The number of aromatic hydroxyl groups is 1. The van der Waals surface area contributed by atoms with Gasteiger partial charge in [-0.05, 0) is 42.8 Å². The lowest BCUT2D eigenvalue weighted by Gasteiger charge is -2.37. The van der Waals surface area contributed by atoms with Crippen LogP contribution in [-0.4, -0.2) is 36.3 Å². The lowest BCUT2D eigenvalue weighted by Crippen LogP contribution is -3.00. The Kier molecular flexibility index (Phi) is 5.18. The molecule has 0 aliphatic carbocycles. The van der Waals surface area contributed by atoms with E-state index in [-0.39, 0.29) is 24.0 Å². The third-order valence-electron chi connectivity index (χ3n) is 4.78. The first-order valence-corrected chi connectivity index (χ1v) is 8.46. The maximum atomic E-state index is 14.0. The Labute approximate surface area is 158 Å². The summed E-state index contributed by atoms with van der Waals surface area (Å²) in [4.78, 5) is 9.00. The van der Waals surface area contributed by atoms with Gasteiger partial charge in [0.25, 0.3) is 0 Å². The summed E-state index contributed by atoms with van der Waals surface area (Å²) in [6, 6.07) is 14.3. The smallest absolute Gasteiger partial charge is 0.146 e. The molecule has 6 heteroatoms. The molecular formula is C20H20ClFN3O-. The van der Waals surface area contributed by atoms with Crippen LogP contribution in [0.4, 0.5) is 15.9 Å². The fourth-order valence-electron chi connectivity index (χ4n) is 3.42. The molecule has 0 spiro atoms. The van der Waals surface area contributed by atoms with E-state index in [4.69, 9.17) is 4.98 Å². The molecule has 1 aliphatic rings. The molecule has 1 saturated heterocycles. The number of phenols is 1. The van der Waals surface area contributed by atoms with Gasteiger partial charge < -0.3 is 27.3 Å². The number of anilines is 2. The Morgan fingerprint density at radius 1 is 0.962 bits per heavy atom. The van der Waals surface area contributed by atoms with Gasteiger partial charge in [-0.3, -0.25) is 0 Å². The summed E-state index contributed by atoms with van der Waals surface area (Å²) >= 11 is 0. The Bertz CT molecular complexity index is 926. The lowest BCUT2D eigenvalue weighted by molar-refractivity contribution is -0.00000668. The van der Waals surface area contributed by atoms with Crippen LogP contribution in [0, 0.1) is 12.7 Å². The van der Waals surface area contributed by atoms with Crippen LogP contribution < -0.4 is 22.2 Å². The molecule has 0 saturated carbocycles. The molecule has 1 aliphatic heterocycles. The summed E-state index contributed by atoms with van der Waals surface area (Å²) < 4.78 is 14.0. The topological polar surface area (TPSA) is 39.6 Å². The minimum atomic E-state index is -0.175. The second-order valence-corrected chi connectivity index (χ2v) is 6.42. The summed E-state index contributed by atoms with van der Waals surface area (Å²) in [6.45, 7) is 5.12. The van der Waals surface area contributed by atoms with Crippen LogP contribution in [0.25, 0.3) is 10.9 Å². The maximum Gasteiger partial charge on any atom is 0.146 e. The highest BCUT2D eigenvalue weighted by Crippen LogP contribution is 2.27. The van der Waals surface area contributed by atoms with Crippen molar-refractivity contribution < 1.29 is 21.9 Å². The maximum absolute atomic E-state index is 14.0. The number of rotatable bonds is 2. The van der Waals surface area contributed by atoms with Crippen molar-refractivity contribution in [3.63, 3.8) is 0 Å². The molecule has 0 atom stereocenters. The van der Waals surface area contributed by atoms with Crippen LogP contribution in [0.5, 0.6) is 5.75 Å². The van der Waals surface area contributed by atoms with Gasteiger partial charge in [0.15, 0.2) is 0 Å². The number of aryl methyl sites for hydroxylation is 1. The molecule has 26 heavy (non-hydrogen) atoms. The first kappa shape index (κ1) is 18.3. The third kappa shape index (κ3) is 3.40. The standard InChI is InChI=1S/C20H20FN3O.ClH/c1-14-12-20(22-18-13-15(25)6-7-16(14)18)24-10-8-23(9-11-24)19-5-3-2-4-17(19)21;/h2-7,12-13,25H,8-11H2,1H3;1H/p-1. The van der Waals surface area contributed by atoms with Gasteiger partial charge in [0, 0.05) is 37.6 Å². The number of hydrogen-bond donors (Lipinski definition) is 1. The highest BCUT2D eigenvalue weighted by Gasteiger charge is 2.20. The first-order valence-electron chi connectivity index (χ1n) is 8.46. The fourth-order valence-corrected chi connectivity index (χ4v) is 3.42. The van der Waals surface area contributed by atoms with Gasteiger partial charge in [-0.25, -0.2) is 9.37 Å². The highest BCUT2D eigenvalue weighted by atomic mass is 35.5. The Balaban J connectivity index is 0.00000196. The van der Waals surface area contributed by atoms with E-state index in [0.717, 1.165) is 48.5 Å². The summed E-state index contributed by atoms with van der Waals surface area (Å²) in [6.07, 6.45) is 0. The number of benzene rings is 2. The quantitative estimate of drug-likeness (QED) is 0.719. The number of phenolic OH excluding ortho intramolecular Hbond substituents is 1. The normalized spacial score (nSPS) is 14.4. The number of halogens is 2. The molecule has 2 aromatic carbocycles. The van der Waals surface area contributed by atoms with E-state index >= 15 is 0 Å². The lowest BCUT2D eigenvalue weighted by atomic mass is 10.1. The molecule has 1 fully saturated rings. The van der Waals surface area contributed by atoms with Crippen molar-refractivity contribution in [2.45, 2.75) is 6.92 Å². The summed E-state index contributed by atoms with van der Waals surface area (Å²) in [5.41, 5.74) is 2.60. The Morgan fingerprint density at radius 2 is 1.65 bits per heavy atom. The fraction of sp³-hybridized carbons (Fsp3) is 0.250. The van der Waals surface area contributed by atoms with Crippen LogP contribution in [-0.2, 0) is 0 Å². The number of piperazine rings is 1. The largest absolute Gasteiger partial charge is 1.00 e. The third-order valence-corrected chi connectivity index (χ3v) is 4.78. The van der Waals surface area contributed by atoms with Crippen molar-refractivity contribution >= 4 is 22.4 Å². The number of pyridine rings is 1. The average Bonchev–Trinajstić information content (AvgIpc) is 2.62. The van der Waals surface area contributed by atoms with Gasteiger partial charge in [0.05, 0.1) is 11.2 Å². The van der Waals surface area contributed by atoms with Gasteiger partial charge in [0.2, 0.25) is 0 Å². The van der Waals surface area contributed by atoms with Crippen LogP contribution in [0.15, 0.2) is 48.5 Å². The van der Waals surface area contributed by atoms with Crippen LogP contribution >= 0.6 is 0 Å². The zero-order valence-corrected chi connectivity index (χ0v) is 15.2. The van der Waals surface area contributed by atoms with E-state index < -0.39 is 0 Å². The molecule has 0 radical (unpaired) electrons. The number of aromatic nitrogens is 1. The zero-order valence-electron chi connectivity index (χ0n) is 14.5. The molecule has 2 heterocycles. The van der Waals surface area contributed by atoms with Crippen molar-refractivity contribution in [1.82, 2.24) is 4.98 Å². The van der Waals surface area contributed by atoms with E-state index in [1.165, 1.54) is 6.07 Å². The molecular weight excluding hydrogens is 353 g/mol. The molecule has 4 nitrogen and oxygen atoms in total.